The number of nitrogens with zero attached hydrogens (tertiary/aromatic N) is 6. The zero-order valence-corrected chi connectivity index (χ0v) is 18.0. The van der Waals surface area contributed by atoms with E-state index in [4.69, 9.17) is 0 Å². The molecule has 1 N–H and O–H groups in total. The van der Waals surface area contributed by atoms with Crippen LogP contribution in [0.5, 0.6) is 0 Å². The average molecular weight is 461 g/mol. The maximum Gasteiger partial charge on any atom is 0.225 e. The molecule has 25 heavy (non-hydrogen) atoms. The van der Waals surface area contributed by atoms with E-state index < -0.39 is 0 Å². The fraction of sp³-hybridized carbons (Fsp3) is 0.706. The van der Waals surface area contributed by atoms with Gasteiger partial charge in [0.2, 0.25) is 5.95 Å². The van der Waals surface area contributed by atoms with Gasteiger partial charge < -0.3 is 20.0 Å². The van der Waals surface area contributed by atoms with Gasteiger partial charge in [-0.3, -0.25) is 4.99 Å². The second-order valence-corrected chi connectivity index (χ2v) is 6.15. The number of hydrogen-bond donors (Lipinski definition) is 1. The Morgan fingerprint density at radius 2 is 1.88 bits per heavy atom. The molecule has 0 spiro atoms. The zero-order valence-electron chi connectivity index (χ0n) is 15.7. The lowest BCUT2D eigenvalue weighted by molar-refractivity contribution is 0.325. The Balaban J connectivity index is 0.00000312. The summed E-state index contributed by atoms with van der Waals surface area (Å²) in [6.45, 7) is 9.06. The molecule has 0 aliphatic carbocycles. The number of hydrogen-bond acceptors (Lipinski definition) is 5. The highest BCUT2D eigenvalue weighted by molar-refractivity contribution is 14.0. The van der Waals surface area contributed by atoms with Crippen molar-refractivity contribution in [2.45, 2.75) is 19.8 Å². The Bertz CT molecular complexity index is 489. The summed E-state index contributed by atoms with van der Waals surface area (Å²) in [5, 5.41) is 3.49. The van der Waals surface area contributed by atoms with E-state index >= 15 is 0 Å². The molecule has 1 aromatic rings. The fourth-order valence-corrected chi connectivity index (χ4v) is 2.80. The van der Waals surface area contributed by atoms with Crippen LogP contribution >= 0.6 is 24.0 Å². The van der Waals surface area contributed by atoms with Crippen LogP contribution in [0.1, 0.15) is 19.8 Å². The van der Waals surface area contributed by atoms with Crippen molar-refractivity contribution in [2.75, 3.05) is 64.8 Å². The van der Waals surface area contributed by atoms with Crippen LogP contribution in [0.25, 0.3) is 0 Å². The zero-order chi connectivity index (χ0) is 17.2. The maximum absolute atomic E-state index is 4.43. The van der Waals surface area contributed by atoms with Crippen LogP contribution < -0.4 is 10.2 Å². The van der Waals surface area contributed by atoms with Gasteiger partial charge in [-0.15, -0.1) is 24.0 Å². The van der Waals surface area contributed by atoms with E-state index in [1.54, 1.807) is 12.4 Å². The second-order valence-electron chi connectivity index (χ2n) is 6.15. The Morgan fingerprint density at radius 3 is 2.48 bits per heavy atom. The van der Waals surface area contributed by atoms with E-state index in [1.165, 1.54) is 12.8 Å². The minimum absolute atomic E-state index is 0. The summed E-state index contributed by atoms with van der Waals surface area (Å²) in [4.78, 5) is 20.0. The Hall–Kier alpha value is -1.16. The molecule has 1 fully saturated rings. The van der Waals surface area contributed by atoms with Gasteiger partial charge in [-0.05, 0) is 26.1 Å². The van der Waals surface area contributed by atoms with Gasteiger partial charge in [-0.25, -0.2) is 9.97 Å². The average Bonchev–Trinajstić information content (AvgIpc) is 2.64. The van der Waals surface area contributed by atoms with Crippen molar-refractivity contribution < 1.29 is 0 Å². The third-order valence-electron chi connectivity index (χ3n) is 4.30. The summed E-state index contributed by atoms with van der Waals surface area (Å²) < 4.78 is 0. The Kier molecular flexibility index (Phi) is 10.7. The lowest BCUT2D eigenvalue weighted by atomic mass is 10.3. The molecule has 2 rings (SSSR count). The van der Waals surface area contributed by atoms with E-state index in [-0.39, 0.29) is 24.0 Å². The van der Waals surface area contributed by atoms with Crippen LogP contribution in [-0.4, -0.2) is 85.6 Å². The molecular formula is C17H32IN7. The number of aliphatic imine (C=N–C) groups is 1. The summed E-state index contributed by atoms with van der Waals surface area (Å²) in [5.74, 6) is 1.81. The van der Waals surface area contributed by atoms with Gasteiger partial charge in [-0.1, -0.05) is 13.3 Å². The lowest BCUT2D eigenvalue weighted by Gasteiger charge is -2.36. The highest BCUT2D eigenvalue weighted by Gasteiger charge is 2.20. The number of unbranched alkanes of at least 4 members (excludes halogenated alkanes) is 1. The number of piperazine rings is 1. The quantitative estimate of drug-likeness (QED) is 0.378. The highest BCUT2D eigenvalue weighted by atomic mass is 127. The fourth-order valence-electron chi connectivity index (χ4n) is 2.80. The summed E-state index contributed by atoms with van der Waals surface area (Å²) >= 11 is 0. The van der Waals surface area contributed by atoms with E-state index in [0.29, 0.717) is 0 Å². The van der Waals surface area contributed by atoms with E-state index in [0.717, 1.165) is 57.7 Å². The monoisotopic (exact) mass is 461 g/mol. The largest absolute Gasteiger partial charge is 0.355 e. The van der Waals surface area contributed by atoms with Gasteiger partial charge in [0, 0.05) is 58.7 Å². The first-order valence-electron chi connectivity index (χ1n) is 8.90. The number of likely N-dealkylation sites (N-methyl/N-ethyl adjacent to an activating group) is 1. The molecule has 2 heterocycles. The first-order chi connectivity index (χ1) is 11.7. The SMILES string of the molecule is CCCCN(C)CCNC(=NC)N1CCN(c2ncccn2)CC1.I. The maximum atomic E-state index is 4.43. The summed E-state index contributed by atoms with van der Waals surface area (Å²) in [7, 11) is 4.04. The molecule has 0 bridgehead atoms. The van der Waals surface area contributed by atoms with Crippen LogP contribution in [0.4, 0.5) is 5.95 Å². The molecule has 0 unspecified atom stereocenters. The lowest BCUT2D eigenvalue weighted by Crippen LogP contribution is -2.53. The predicted molar refractivity (Wildman–Crippen MR) is 115 cm³/mol. The van der Waals surface area contributed by atoms with Crippen molar-refractivity contribution in [2.24, 2.45) is 4.99 Å². The topological polar surface area (TPSA) is 59.9 Å². The van der Waals surface area contributed by atoms with E-state index in [9.17, 15) is 0 Å². The number of guanidine groups is 1. The van der Waals surface area contributed by atoms with Gasteiger partial charge in [0.15, 0.2) is 5.96 Å². The first-order valence-corrected chi connectivity index (χ1v) is 8.90. The number of aromatic nitrogens is 2. The van der Waals surface area contributed by atoms with Crippen LogP contribution in [-0.2, 0) is 0 Å². The number of rotatable bonds is 7. The minimum atomic E-state index is 0. The molecule has 0 saturated carbocycles. The summed E-state index contributed by atoms with van der Waals surface area (Å²) in [6, 6.07) is 1.85. The van der Waals surface area contributed by atoms with E-state index in [2.05, 4.69) is 48.9 Å². The third-order valence-corrected chi connectivity index (χ3v) is 4.30. The van der Waals surface area contributed by atoms with Crippen LogP contribution in [0.3, 0.4) is 0 Å². The predicted octanol–water partition coefficient (Wildman–Crippen LogP) is 1.52. The minimum Gasteiger partial charge on any atom is -0.355 e. The van der Waals surface area contributed by atoms with Gasteiger partial charge >= 0.3 is 0 Å². The second kappa shape index (κ2) is 12.2. The molecule has 1 aliphatic heterocycles. The standard InChI is InChI=1S/C17H31N7.HI/c1-4-5-10-22(3)11-9-21-16(18-2)23-12-14-24(15-13-23)17-19-7-6-8-20-17;/h6-8H,4-5,9-15H2,1-3H3,(H,18,21);1H. The van der Waals surface area contributed by atoms with Crippen LogP contribution in [0, 0.1) is 0 Å². The molecule has 0 aromatic carbocycles. The molecule has 142 valence electrons. The molecule has 0 radical (unpaired) electrons. The Morgan fingerprint density at radius 1 is 1.20 bits per heavy atom. The first kappa shape index (κ1) is 21.9. The molecule has 0 amide bonds. The normalized spacial score (nSPS) is 15.3. The smallest absolute Gasteiger partial charge is 0.225 e. The summed E-state index contributed by atoms with van der Waals surface area (Å²) in [6.07, 6.45) is 6.10. The summed E-state index contributed by atoms with van der Waals surface area (Å²) in [5.41, 5.74) is 0. The van der Waals surface area contributed by atoms with Gasteiger partial charge in [0.1, 0.15) is 0 Å². The van der Waals surface area contributed by atoms with Crippen LogP contribution in [0.15, 0.2) is 23.5 Å². The van der Waals surface area contributed by atoms with Crippen molar-refractivity contribution in [1.82, 2.24) is 25.1 Å². The third kappa shape index (κ3) is 7.31. The van der Waals surface area contributed by atoms with Crippen molar-refractivity contribution in [3.63, 3.8) is 0 Å². The number of nitrogens with one attached hydrogen (secondary N) is 1. The highest BCUT2D eigenvalue weighted by Crippen LogP contribution is 2.09. The van der Waals surface area contributed by atoms with Crippen molar-refractivity contribution in [1.29, 1.82) is 0 Å². The molecular weight excluding hydrogens is 429 g/mol. The van der Waals surface area contributed by atoms with Gasteiger partial charge in [0.25, 0.3) is 0 Å². The van der Waals surface area contributed by atoms with Gasteiger partial charge in [-0.2, -0.15) is 0 Å². The Labute approximate surface area is 168 Å². The molecule has 1 saturated heterocycles. The molecule has 7 nitrogen and oxygen atoms in total. The van der Waals surface area contributed by atoms with Crippen molar-refractivity contribution in [3.8, 4) is 0 Å². The molecule has 8 heteroatoms. The van der Waals surface area contributed by atoms with Crippen molar-refractivity contribution >= 4 is 35.9 Å². The van der Waals surface area contributed by atoms with Gasteiger partial charge in [0.05, 0.1) is 0 Å². The van der Waals surface area contributed by atoms with E-state index in [1.807, 2.05) is 13.1 Å². The number of halogens is 1. The molecule has 1 aromatic heterocycles. The van der Waals surface area contributed by atoms with Crippen LogP contribution in [0.2, 0.25) is 0 Å². The molecule has 1 aliphatic rings. The number of anilines is 1. The van der Waals surface area contributed by atoms with Crippen molar-refractivity contribution in [3.05, 3.63) is 18.5 Å². The molecule has 0 atom stereocenters.